The molecule has 0 spiro atoms. The Morgan fingerprint density at radius 1 is 1.10 bits per heavy atom. The lowest BCUT2D eigenvalue weighted by atomic mass is 10.1. The molecule has 106 valence electrons. The zero-order valence-electron chi connectivity index (χ0n) is 12.3. The van der Waals surface area contributed by atoms with Gasteiger partial charge in [-0.15, -0.1) is 0 Å². The van der Waals surface area contributed by atoms with Crippen molar-refractivity contribution < 1.29 is 9.47 Å². The van der Waals surface area contributed by atoms with Crippen molar-refractivity contribution in [2.75, 3.05) is 19.0 Å². The van der Waals surface area contributed by atoms with E-state index in [4.69, 9.17) is 9.47 Å². The normalized spacial score (nSPS) is 10.2. The molecule has 0 aliphatic carbocycles. The Morgan fingerprint density at radius 2 is 1.95 bits per heavy atom. The van der Waals surface area contributed by atoms with Crippen molar-refractivity contribution in [1.29, 1.82) is 0 Å². The maximum atomic E-state index is 5.50. The van der Waals surface area contributed by atoms with Gasteiger partial charge in [0.2, 0.25) is 0 Å². The van der Waals surface area contributed by atoms with Gasteiger partial charge in [0.25, 0.3) is 0 Å². The lowest BCUT2D eigenvalue weighted by molar-refractivity contribution is 0.340. The van der Waals surface area contributed by atoms with Crippen LogP contribution in [0, 0.1) is 6.92 Å². The molecule has 0 saturated heterocycles. The largest absolute Gasteiger partial charge is 0.496 e. The zero-order chi connectivity index (χ0) is 14.4. The lowest BCUT2D eigenvalue weighted by Crippen LogP contribution is -2.01. The number of anilines is 1. The number of benzene rings is 2. The van der Waals surface area contributed by atoms with Crippen LogP contribution in [-0.2, 0) is 6.54 Å². The molecular weight excluding hydrogens is 250 g/mol. The van der Waals surface area contributed by atoms with Crippen LogP contribution in [-0.4, -0.2) is 13.7 Å². The molecule has 0 aromatic heterocycles. The maximum Gasteiger partial charge on any atom is 0.121 e. The molecule has 20 heavy (non-hydrogen) atoms. The highest BCUT2D eigenvalue weighted by atomic mass is 16.5. The van der Waals surface area contributed by atoms with E-state index >= 15 is 0 Å². The van der Waals surface area contributed by atoms with Gasteiger partial charge in [0.15, 0.2) is 0 Å². The van der Waals surface area contributed by atoms with Gasteiger partial charge in [0, 0.05) is 12.2 Å². The summed E-state index contributed by atoms with van der Waals surface area (Å²) in [6, 6.07) is 14.2. The average molecular weight is 271 g/mol. The van der Waals surface area contributed by atoms with E-state index in [0.717, 1.165) is 29.3 Å². The summed E-state index contributed by atoms with van der Waals surface area (Å²) in [4.78, 5) is 0. The van der Waals surface area contributed by atoms with Crippen molar-refractivity contribution in [3.63, 3.8) is 0 Å². The second-order valence-electron chi connectivity index (χ2n) is 4.62. The Balaban J connectivity index is 2.01. The van der Waals surface area contributed by atoms with E-state index in [2.05, 4.69) is 23.5 Å². The van der Waals surface area contributed by atoms with E-state index in [9.17, 15) is 0 Å². The summed E-state index contributed by atoms with van der Waals surface area (Å²) < 4.78 is 10.8. The number of aryl methyl sites for hydroxylation is 1. The number of nitrogens with one attached hydrogen (secondary N) is 1. The highest BCUT2D eigenvalue weighted by molar-refractivity contribution is 5.51. The van der Waals surface area contributed by atoms with E-state index in [-0.39, 0.29) is 0 Å². The van der Waals surface area contributed by atoms with Crippen molar-refractivity contribution in [2.24, 2.45) is 0 Å². The molecular formula is C17H21NO2. The molecule has 1 N–H and O–H groups in total. The Labute approximate surface area is 120 Å². The van der Waals surface area contributed by atoms with Gasteiger partial charge in [-0.3, -0.25) is 0 Å². The minimum absolute atomic E-state index is 0.689. The first kappa shape index (κ1) is 14.3. The molecule has 0 bridgehead atoms. The molecule has 0 radical (unpaired) electrons. The summed E-state index contributed by atoms with van der Waals surface area (Å²) in [5.74, 6) is 1.83. The summed E-state index contributed by atoms with van der Waals surface area (Å²) >= 11 is 0. The summed E-state index contributed by atoms with van der Waals surface area (Å²) in [5.41, 5.74) is 3.41. The number of rotatable bonds is 6. The van der Waals surface area contributed by atoms with Gasteiger partial charge < -0.3 is 14.8 Å². The molecule has 0 aliphatic rings. The Kier molecular flexibility index (Phi) is 4.88. The van der Waals surface area contributed by atoms with Gasteiger partial charge >= 0.3 is 0 Å². The van der Waals surface area contributed by atoms with Gasteiger partial charge in [0.1, 0.15) is 11.5 Å². The van der Waals surface area contributed by atoms with Gasteiger partial charge in [-0.25, -0.2) is 0 Å². The third-order valence-corrected chi connectivity index (χ3v) is 3.10. The van der Waals surface area contributed by atoms with Crippen LogP contribution in [0.5, 0.6) is 11.5 Å². The summed E-state index contributed by atoms with van der Waals surface area (Å²) in [6.45, 7) is 5.49. The minimum atomic E-state index is 0.689. The second kappa shape index (κ2) is 6.85. The molecule has 3 nitrogen and oxygen atoms in total. The van der Waals surface area contributed by atoms with Crippen molar-refractivity contribution in [1.82, 2.24) is 0 Å². The van der Waals surface area contributed by atoms with E-state index in [1.54, 1.807) is 7.11 Å². The third kappa shape index (κ3) is 3.67. The molecule has 2 aromatic rings. The Bertz CT molecular complexity index is 567. The predicted molar refractivity (Wildman–Crippen MR) is 82.7 cm³/mol. The predicted octanol–water partition coefficient (Wildman–Crippen LogP) is 4.01. The molecule has 0 amide bonds. The van der Waals surface area contributed by atoms with Crippen LogP contribution in [0.3, 0.4) is 0 Å². The molecule has 0 heterocycles. The highest BCUT2D eigenvalue weighted by Gasteiger charge is 2.01. The topological polar surface area (TPSA) is 30.5 Å². The van der Waals surface area contributed by atoms with Crippen molar-refractivity contribution in [2.45, 2.75) is 20.4 Å². The van der Waals surface area contributed by atoms with E-state index in [0.29, 0.717) is 6.61 Å². The van der Waals surface area contributed by atoms with Crippen molar-refractivity contribution in [3.8, 4) is 11.5 Å². The number of hydrogen-bond acceptors (Lipinski definition) is 3. The molecule has 0 aliphatic heterocycles. The fourth-order valence-electron chi connectivity index (χ4n) is 2.10. The quantitative estimate of drug-likeness (QED) is 0.861. The first-order chi connectivity index (χ1) is 9.72. The average Bonchev–Trinajstić information content (AvgIpc) is 2.46. The van der Waals surface area contributed by atoms with Gasteiger partial charge in [-0.05, 0) is 55.3 Å². The number of methoxy groups -OCH3 is 1. The molecule has 2 rings (SSSR count). The monoisotopic (exact) mass is 271 g/mol. The number of ether oxygens (including phenoxy) is 2. The van der Waals surface area contributed by atoms with Crippen molar-refractivity contribution >= 4 is 5.69 Å². The fraction of sp³-hybridized carbons (Fsp3) is 0.294. The van der Waals surface area contributed by atoms with E-state index in [1.807, 2.05) is 38.1 Å². The Morgan fingerprint density at radius 3 is 2.65 bits per heavy atom. The van der Waals surface area contributed by atoms with Crippen LogP contribution >= 0.6 is 0 Å². The van der Waals surface area contributed by atoms with Crippen LogP contribution in [0.2, 0.25) is 0 Å². The van der Waals surface area contributed by atoms with Crippen LogP contribution < -0.4 is 14.8 Å². The second-order valence-corrected chi connectivity index (χ2v) is 4.62. The SMILES string of the molecule is CCOc1cccc(CNc2ccc(OC)c(C)c2)c1. The van der Waals surface area contributed by atoms with Crippen molar-refractivity contribution in [3.05, 3.63) is 53.6 Å². The lowest BCUT2D eigenvalue weighted by Gasteiger charge is -2.11. The molecule has 0 unspecified atom stereocenters. The molecule has 3 heteroatoms. The van der Waals surface area contributed by atoms with Gasteiger partial charge in [-0.1, -0.05) is 12.1 Å². The van der Waals surface area contributed by atoms with Crippen LogP contribution in [0.25, 0.3) is 0 Å². The zero-order valence-corrected chi connectivity index (χ0v) is 12.3. The summed E-state index contributed by atoms with van der Waals surface area (Å²) in [7, 11) is 1.69. The standard InChI is InChI=1S/C17H21NO2/c1-4-20-16-7-5-6-14(11-16)12-18-15-8-9-17(19-3)13(2)10-15/h5-11,18H,4,12H2,1-3H3. The third-order valence-electron chi connectivity index (χ3n) is 3.10. The molecule has 0 saturated carbocycles. The Hall–Kier alpha value is -2.16. The van der Waals surface area contributed by atoms with Crippen LogP contribution in [0.15, 0.2) is 42.5 Å². The fourth-order valence-corrected chi connectivity index (χ4v) is 2.10. The maximum absolute atomic E-state index is 5.50. The summed E-state index contributed by atoms with van der Waals surface area (Å²) in [5, 5.41) is 3.41. The van der Waals surface area contributed by atoms with Crippen LogP contribution in [0.4, 0.5) is 5.69 Å². The van der Waals surface area contributed by atoms with Gasteiger partial charge in [-0.2, -0.15) is 0 Å². The smallest absolute Gasteiger partial charge is 0.121 e. The molecule has 2 aromatic carbocycles. The first-order valence-electron chi connectivity index (χ1n) is 6.83. The number of hydrogen-bond donors (Lipinski definition) is 1. The van der Waals surface area contributed by atoms with Gasteiger partial charge in [0.05, 0.1) is 13.7 Å². The highest BCUT2D eigenvalue weighted by Crippen LogP contribution is 2.22. The minimum Gasteiger partial charge on any atom is -0.496 e. The van der Waals surface area contributed by atoms with Crippen LogP contribution in [0.1, 0.15) is 18.1 Å². The first-order valence-corrected chi connectivity index (χ1v) is 6.83. The van der Waals surface area contributed by atoms with E-state index in [1.165, 1.54) is 5.56 Å². The van der Waals surface area contributed by atoms with E-state index < -0.39 is 0 Å². The summed E-state index contributed by atoms with van der Waals surface area (Å²) in [6.07, 6.45) is 0. The molecule has 0 fully saturated rings. The molecule has 0 atom stereocenters.